The van der Waals surface area contributed by atoms with Crippen molar-refractivity contribution in [1.29, 1.82) is 0 Å². The number of carbonyl (C=O) groups excluding carboxylic acids is 2. The zero-order chi connectivity index (χ0) is 15.4. The van der Waals surface area contributed by atoms with E-state index in [0.717, 1.165) is 5.56 Å². The summed E-state index contributed by atoms with van der Waals surface area (Å²) in [6.07, 6.45) is 0.141. The van der Waals surface area contributed by atoms with Crippen LogP contribution in [-0.2, 0) is 14.3 Å². The van der Waals surface area contributed by atoms with Crippen molar-refractivity contribution in [2.45, 2.75) is 12.3 Å². The fraction of sp³-hybridized carbons (Fsp3) is 0.467. The topological polar surface area (TPSA) is 55.8 Å². The quantitative estimate of drug-likeness (QED) is 0.785. The van der Waals surface area contributed by atoms with E-state index in [2.05, 4.69) is 0 Å². The predicted octanol–water partition coefficient (Wildman–Crippen LogP) is 2.17. The molecule has 1 aliphatic heterocycles. The molecule has 2 atom stereocenters. The zero-order valence-electron chi connectivity index (χ0n) is 12.0. The molecule has 0 radical (unpaired) electrons. The Bertz CT molecular complexity index is 517. The summed E-state index contributed by atoms with van der Waals surface area (Å²) in [4.78, 5) is 25.1. The fourth-order valence-electron chi connectivity index (χ4n) is 2.75. The summed E-state index contributed by atoms with van der Waals surface area (Å²) in [6, 6.07) is 6.08. The highest BCUT2D eigenvalue weighted by atomic mass is 19.1. The Labute approximate surface area is 122 Å². The minimum atomic E-state index is -0.478. The molecule has 0 unspecified atom stereocenters. The third kappa shape index (κ3) is 3.32. The van der Waals surface area contributed by atoms with Gasteiger partial charge in [0, 0.05) is 19.0 Å². The normalized spacial score (nSPS) is 21.8. The van der Waals surface area contributed by atoms with Crippen molar-refractivity contribution in [2.75, 3.05) is 27.3 Å². The van der Waals surface area contributed by atoms with E-state index >= 15 is 0 Å². The largest absolute Gasteiger partial charge is 0.469 e. The number of nitrogens with zero attached hydrogens (tertiary/aromatic N) is 1. The van der Waals surface area contributed by atoms with Gasteiger partial charge in [0.05, 0.1) is 20.1 Å². The van der Waals surface area contributed by atoms with Crippen LogP contribution >= 0.6 is 0 Å². The van der Waals surface area contributed by atoms with Gasteiger partial charge in [-0.05, 0) is 24.1 Å². The number of carbonyl (C=O) groups is 2. The molecule has 0 aliphatic carbocycles. The van der Waals surface area contributed by atoms with Crippen LogP contribution in [0.5, 0.6) is 0 Å². The number of likely N-dealkylation sites (tertiary alicyclic amines) is 1. The van der Waals surface area contributed by atoms with Gasteiger partial charge in [-0.25, -0.2) is 9.18 Å². The molecule has 1 saturated heterocycles. The number of ether oxygens (including phenoxy) is 2. The molecule has 114 valence electrons. The second-order valence-electron chi connectivity index (χ2n) is 4.99. The van der Waals surface area contributed by atoms with Gasteiger partial charge in [0.15, 0.2) is 0 Å². The molecule has 1 heterocycles. The standard InChI is InChI=1S/C15H18FNO4/c1-20-14(18)13-9-17(15(19)21-2)8-7-12(13)10-3-5-11(16)6-4-10/h3-6,12-13H,7-9H2,1-2H3/t12-,13+/m0/s1. The summed E-state index contributed by atoms with van der Waals surface area (Å²) in [6.45, 7) is 0.726. The molecule has 1 amide bonds. The Morgan fingerprint density at radius 2 is 1.86 bits per heavy atom. The van der Waals surface area contributed by atoms with Crippen LogP contribution in [0.3, 0.4) is 0 Å². The average Bonchev–Trinajstić information content (AvgIpc) is 2.53. The first-order chi connectivity index (χ1) is 10.1. The van der Waals surface area contributed by atoms with Crippen LogP contribution in [0.25, 0.3) is 0 Å². The first kappa shape index (κ1) is 15.3. The zero-order valence-corrected chi connectivity index (χ0v) is 12.0. The van der Waals surface area contributed by atoms with Crippen LogP contribution < -0.4 is 0 Å². The number of halogens is 1. The molecule has 1 fully saturated rings. The second kappa shape index (κ2) is 6.56. The maximum Gasteiger partial charge on any atom is 0.409 e. The fourth-order valence-corrected chi connectivity index (χ4v) is 2.75. The van der Waals surface area contributed by atoms with Crippen molar-refractivity contribution < 1.29 is 23.5 Å². The summed E-state index contributed by atoms with van der Waals surface area (Å²) in [5.41, 5.74) is 0.872. The van der Waals surface area contributed by atoms with E-state index in [1.165, 1.54) is 31.3 Å². The highest BCUT2D eigenvalue weighted by molar-refractivity contribution is 5.76. The SMILES string of the molecule is COC(=O)[C@@H]1CN(C(=O)OC)CC[C@H]1c1ccc(F)cc1. The molecule has 6 heteroatoms. The Balaban J connectivity index is 2.22. The van der Waals surface area contributed by atoms with E-state index < -0.39 is 12.0 Å². The highest BCUT2D eigenvalue weighted by Gasteiger charge is 2.37. The maximum atomic E-state index is 13.0. The number of hydrogen-bond acceptors (Lipinski definition) is 4. The molecule has 0 saturated carbocycles. The van der Waals surface area contributed by atoms with Gasteiger partial charge in [-0.15, -0.1) is 0 Å². The van der Waals surface area contributed by atoms with Crippen LogP contribution in [0.4, 0.5) is 9.18 Å². The van der Waals surface area contributed by atoms with E-state index in [-0.39, 0.29) is 24.2 Å². The third-order valence-electron chi connectivity index (χ3n) is 3.85. The van der Waals surface area contributed by atoms with Crippen molar-refractivity contribution in [2.24, 2.45) is 5.92 Å². The highest BCUT2D eigenvalue weighted by Crippen LogP contribution is 2.34. The van der Waals surface area contributed by atoms with Gasteiger partial charge in [0.25, 0.3) is 0 Å². The number of benzene rings is 1. The lowest BCUT2D eigenvalue weighted by Gasteiger charge is -2.36. The van der Waals surface area contributed by atoms with Crippen molar-refractivity contribution in [3.05, 3.63) is 35.6 Å². The number of piperidine rings is 1. The van der Waals surface area contributed by atoms with Crippen LogP contribution in [0.15, 0.2) is 24.3 Å². The van der Waals surface area contributed by atoms with Crippen molar-refractivity contribution >= 4 is 12.1 Å². The van der Waals surface area contributed by atoms with E-state index in [0.29, 0.717) is 13.0 Å². The molecular weight excluding hydrogens is 277 g/mol. The van der Waals surface area contributed by atoms with Crippen molar-refractivity contribution in [3.8, 4) is 0 Å². The first-order valence-electron chi connectivity index (χ1n) is 6.73. The van der Waals surface area contributed by atoms with Gasteiger partial charge in [0.1, 0.15) is 5.82 Å². The Kier molecular flexibility index (Phi) is 4.77. The van der Waals surface area contributed by atoms with Gasteiger partial charge in [-0.2, -0.15) is 0 Å². The van der Waals surface area contributed by atoms with Crippen molar-refractivity contribution in [3.63, 3.8) is 0 Å². The average molecular weight is 295 g/mol. The molecule has 1 aromatic rings. The molecule has 2 rings (SSSR count). The molecule has 0 N–H and O–H groups in total. The molecule has 1 aromatic carbocycles. The summed E-state index contributed by atoms with van der Waals surface area (Å²) in [5, 5.41) is 0. The van der Waals surface area contributed by atoms with Gasteiger partial charge < -0.3 is 14.4 Å². The number of hydrogen-bond donors (Lipinski definition) is 0. The van der Waals surface area contributed by atoms with Crippen molar-refractivity contribution in [1.82, 2.24) is 4.90 Å². The minimum Gasteiger partial charge on any atom is -0.469 e. The van der Waals surface area contributed by atoms with E-state index in [1.807, 2.05) is 0 Å². The minimum absolute atomic E-state index is 0.0982. The Morgan fingerprint density at radius 3 is 2.43 bits per heavy atom. The Hall–Kier alpha value is -2.11. The summed E-state index contributed by atoms with van der Waals surface area (Å²) >= 11 is 0. The molecule has 0 bridgehead atoms. The first-order valence-corrected chi connectivity index (χ1v) is 6.73. The second-order valence-corrected chi connectivity index (χ2v) is 4.99. The lowest BCUT2D eigenvalue weighted by molar-refractivity contribution is -0.147. The van der Waals surface area contributed by atoms with E-state index in [4.69, 9.17) is 9.47 Å². The van der Waals surface area contributed by atoms with Crippen LogP contribution in [0.2, 0.25) is 0 Å². The Morgan fingerprint density at radius 1 is 1.19 bits per heavy atom. The third-order valence-corrected chi connectivity index (χ3v) is 3.85. The van der Waals surface area contributed by atoms with E-state index in [9.17, 15) is 14.0 Å². The molecule has 0 spiro atoms. The molecular formula is C15H18FNO4. The van der Waals surface area contributed by atoms with Gasteiger partial charge >= 0.3 is 12.1 Å². The lowest BCUT2D eigenvalue weighted by atomic mass is 9.80. The molecule has 21 heavy (non-hydrogen) atoms. The summed E-state index contributed by atoms with van der Waals surface area (Å²) in [7, 11) is 2.63. The van der Waals surface area contributed by atoms with Crippen LogP contribution in [-0.4, -0.2) is 44.3 Å². The van der Waals surface area contributed by atoms with Crippen LogP contribution in [0, 0.1) is 11.7 Å². The van der Waals surface area contributed by atoms with E-state index in [1.54, 1.807) is 12.1 Å². The van der Waals surface area contributed by atoms with Gasteiger partial charge in [-0.1, -0.05) is 12.1 Å². The lowest BCUT2D eigenvalue weighted by Crippen LogP contribution is -2.46. The number of methoxy groups -OCH3 is 2. The molecule has 5 nitrogen and oxygen atoms in total. The number of esters is 1. The maximum absolute atomic E-state index is 13.0. The van der Waals surface area contributed by atoms with Gasteiger partial charge in [0.2, 0.25) is 0 Å². The monoisotopic (exact) mass is 295 g/mol. The predicted molar refractivity (Wildman–Crippen MR) is 73.2 cm³/mol. The summed E-state index contributed by atoms with van der Waals surface area (Å²) < 4.78 is 22.6. The number of amides is 1. The number of rotatable bonds is 2. The summed E-state index contributed by atoms with van der Waals surface area (Å²) in [5.74, 6) is -1.27. The van der Waals surface area contributed by atoms with Gasteiger partial charge in [-0.3, -0.25) is 4.79 Å². The molecule has 1 aliphatic rings. The smallest absolute Gasteiger partial charge is 0.409 e. The van der Waals surface area contributed by atoms with Crippen LogP contribution in [0.1, 0.15) is 17.9 Å². The molecule has 0 aromatic heterocycles.